The molecule has 2 bridgehead atoms. The molecule has 230 valence electrons. The molecule has 0 radical (unpaired) electrons. The van der Waals surface area contributed by atoms with E-state index in [-0.39, 0.29) is 47.8 Å². The van der Waals surface area contributed by atoms with Crippen LogP contribution in [0.5, 0.6) is 0 Å². The molecule has 5 fully saturated rings. The Kier molecular flexibility index (Phi) is 6.82. The molecule has 5 aliphatic carbocycles. The van der Waals surface area contributed by atoms with Gasteiger partial charge in [-0.3, -0.25) is 4.79 Å². The molecule has 5 saturated carbocycles. The number of fused-ring (bicyclic) bond motifs is 3. The maximum atomic E-state index is 14.2. The second kappa shape index (κ2) is 10.2. The Bertz CT molecular complexity index is 1470. The zero-order chi connectivity index (χ0) is 30.0. The third kappa shape index (κ3) is 5.53. The highest BCUT2D eigenvalue weighted by Crippen LogP contribution is 2.58. The number of benzene rings is 1. The molecule has 0 unspecified atom stereocenters. The van der Waals surface area contributed by atoms with E-state index in [4.69, 9.17) is 14.0 Å². The summed E-state index contributed by atoms with van der Waals surface area (Å²) in [4.78, 5) is 21.0. The molecule has 1 aromatic carbocycles. The first-order valence-corrected chi connectivity index (χ1v) is 16.1. The Morgan fingerprint density at radius 2 is 1.63 bits per heavy atom. The summed E-state index contributed by atoms with van der Waals surface area (Å²) in [6, 6.07) is 9.95. The van der Waals surface area contributed by atoms with Crippen molar-refractivity contribution in [1.29, 1.82) is 0 Å². The van der Waals surface area contributed by atoms with Crippen LogP contribution in [0.25, 0.3) is 11.3 Å². The van der Waals surface area contributed by atoms with Crippen LogP contribution in [0.4, 0.5) is 14.5 Å². The third-order valence-electron chi connectivity index (χ3n) is 10.7. The van der Waals surface area contributed by atoms with E-state index < -0.39 is 11.8 Å². The van der Waals surface area contributed by atoms with Crippen molar-refractivity contribution < 1.29 is 22.6 Å². The van der Waals surface area contributed by atoms with Gasteiger partial charge in [-0.2, -0.15) is 4.98 Å². The topological polar surface area (TPSA) is 85.3 Å². The Morgan fingerprint density at radius 3 is 2.26 bits per heavy atom. The van der Waals surface area contributed by atoms with Gasteiger partial charge in [0.2, 0.25) is 17.7 Å². The van der Waals surface area contributed by atoms with Crippen molar-refractivity contribution in [2.45, 2.75) is 120 Å². The Hall–Kier alpha value is -3.10. The normalized spacial score (nSPS) is 27.4. The van der Waals surface area contributed by atoms with Gasteiger partial charge in [0.25, 0.3) is 0 Å². The number of rotatable bonds is 7. The molecule has 7 nitrogen and oxygen atoms in total. The van der Waals surface area contributed by atoms with Crippen molar-refractivity contribution in [1.82, 2.24) is 15.3 Å². The van der Waals surface area contributed by atoms with Gasteiger partial charge in [0.05, 0.1) is 0 Å². The molecule has 0 atom stereocenters. The Morgan fingerprint density at radius 1 is 0.930 bits per heavy atom. The van der Waals surface area contributed by atoms with Crippen LogP contribution in [0.1, 0.15) is 121 Å². The number of hydrogen-bond acceptors (Lipinski definition) is 6. The van der Waals surface area contributed by atoms with E-state index in [2.05, 4.69) is 31.1 Å². The summed E-state index contributed by atoms with van der Waals surface area (Å²) >= 11 is 0. The van der Waals surface area contributed by atoms with Crippen LogP contribution < -0.4 is 4.90 Å². The molecule has 0 N–H and O–H groups in total. The summed E-state index contributed by atoms with van der Waals surface area (Å²) in [5.74, 6) is -0.225. The predicted octanol–water partition coefficient (Wildman–Crippen LogP) is 8.35. The number of anilines is 1. The second-order valence-electron chi connectivity index (χ2n) is 14.9. The minimum absolute atomic E-state index is 0.0313. The molecule has 1 amide bonds. The van der Waals surface area contributed by atoms with Gasteiger partial charge in [-0.05, 0) is 81.8 Å². The van der Waals surface area contributed by atoms with Crippen molar-refractivity contribution in [3.05, 3.63) is 47.8 Å². The zero-order valence-electron chi connectivity index (χ0n) is 25.5. The molecule has 5 aliphatic rings. The number of halogens is 2. The zero-order valence-corrected chi connectivity index (χ0v) is 25.5. The fourth-order valence-corrected chi connectivity index (χ4v) is 7.54. The molecule has 2 aromatic heterocycles. The summed E-state index contributed by atoms with van der Waals surface area (Å²) < 4.78 is 39.4. The Labute approximate surface area is 251 Å². The van der Waals surface area contributed by atoms with E-state index in [1.807, 2.05) is 35.2 Å². The van der Waals surface area contributed by atoms with E-state index >= 15 is 0 Å². The molecule has 3 aromatic rings. The van der Waals surface area contributed by atoms with E-state index in [9.17, 15) is 13.6 Å². The first-order chi connectivity index (χ1) is 20.4. The van der Waals surface area contributed by atoms with Crippen molar-refractivity contribution >= 4 is 11.6 Å². The number of hydrogen-bond donors (Lipinski definition) is 0. The fraction of sp³-hybridized carbons (Fsp3) is 0.647. The molecule has 8 rings (SSSR count). The van der Waals surface area contributed by atoms with Gasteiger partial charge < -0.3 is 13.9 Å². The molecular weight excluding hydrogens is 550 g/mol. The summed E-state index contributed by atoms with van der Waals surface area (Å²) in [6.07, 6.45) is 8.01. The van der Waals surface area contributed by atoms with Crippen LogP contribution in [0.2, 0.25) is 0 Å². The molecule has 0 spiro atoms. The smallest absolute Gasteiger partial charge is 0.248 e. The lowest BCUT2D eigenvalue weighted by molar-refractivity contribution is -0.127. The quantitative estimate of drug-likeness (QED) is 0.274. The fourth-order valence-electron chi connectivity index (χ4n) is 7.54. The van der Waals surface area contributed by atoms with Gasteiger partial charge in [-0.25, -0.2) is 8.78 Å². The number of carbonyl (C=O) groups excluding carboxylic acids is 1. The number of nitrogens with zero attached hydrogens (tertiary/aromatic N) is 4. The molecule has 0 saturated heterocycles. The van der Waals surface area contributed by atoms with Crippen molar-refractivity contribution in [3.8, 4) is 11.3 Å². The number of carbonyl (C=O) groups is 1. The highest BCUT2D eigenvalue weighted by Gasteiger charge is 2.53. The van der Waals surface area contributed by atoms with Gasteiger partial charge in [0.15, 0.2) is 5.82 Å². The van der Waals surface area contributed by atoms with E-state index in [0.717, 1.165) is 79.9 Å². The average molecular weight is 593 g/mol. The molecule has 2 heterocycles. The average Bonchev–Trinajstić information content (AvgIpc) is 3.48. The molecule has 43 heavy (non-hydrogen) atoms. The number of amides is 1. The summed E-state index contributed by atoms with van der Waals surface area (Å²) in [5, 5.41) is 8.76. The lowest BCUT2D eigenvalue weighted by atomic mass is 9.53. The van der Waals surface area contributed by atoms with E-state index in [1.165, 1.54) is 0 Å². The van der Waals surface area contributed by atoms with Gasteiger partial charge in [-0.1, -0.05) is 43.2 Å². The SMILES string of the molecule is CC(C)(C)c1nc(C23CCC(CN(C(=O)C4CCC(F)(F)CC4)c4cccc(-c5cc(C6CC6)on5)c4)(CC2)CC3)no1. The van der Waals surface area contributed by atoms with Gasteiger partial charge in [-0.15, -0.1) is 0 Å². The van der Waals surface area contributed by atoms with Crippen LogP contribution in [0.3, 0.4) is 0 Å². The summed E-state index contributed by atoms with van der Waals surface area (Å²) in [5.41, 5.74) is 2.16. The van der Waals surface area contributed by atoms with Crippen molar-refractivity contribution in [2.24, 2.45) is 11.3 Å². The maximum Gasteiger partial charge on any atom is 0.248 e. The first kappa shape index (κ1) is 28.7. The van der Waals surface area contributed by atoms with Gasteiger partial charge in [0, 0.05) is 59.4 Å². The van der Waals surface area contributed by atoms with E-state index in [1.54, 1.807) is 0 Å². The highest BCUT2D eigenvalue weighted by atomic mass is 19.3. The van der Waals surface area contributed by atoms with Crippen LogP contribution in [-0.2, 0) is 15.6 Å². The lowest BCUT2D eigenvalue weighted by Gasteiger charge is -2.53. The number of alkyl halides is 2. The molecular formula is C34H42F2N4O3. The monoisotopic (exact) mass is 592 g/mol. The lowest BCUT2D eigenvalue weighted by Crippen LogP contribution is -2.52. The molecule has 0 aliphatic heterocycles. The third-order valence-corrected chi connectivity index (χ3v) is 10.7. The first-order valence-electron chi connectivity index (χ1n) is 16.1. The van der Waals surface area contributed by atoms with Crippen LogP contribution >= 0.6 is 0 Å². The minimum Gasteiger partial charge on any atom is -0.360 e. The van der Waals surface area contributed by atoms with Crippen LogP contribution in [0.15, 0.2) is 39.4 Å². The van der Waals surface area contributed by atoms with Gasteiger partial charge in [0.1, 0.15) is 11.5 Å². The second-order valence-corrected chi connectivity index (χ2v) is 14.9. The predicted molar refractivity (Wildman–Crippen MR) is 158 cm³/mol. The van der Waals surface area contributed by atoms with Gasteiger partial charge >= 0.3 is 0 Å². The van der Waals surface area contributed by atoms with Crippen molar-refractivity contribution in [2.75, 3.05) is 11.4 Å². The largest absolute Gasteiger partial charge is 0.360 e. The van der Waals surface area contributed by atoms with Crippen molar-refractivity contribution in [3.63, 3.8) is 0 Å². The number of aromatic nitrogens is 3. The minimum atomic E-state index is -2.68. The maximum absolute atomic E-state index is 14.2. The summed E-state index contributed by atoms with van der Waals surface area (Å²) in [7, 11) is 0. The standard InChI is InChI=1S/C34H42F2N4O3/c1-31(2,3)30-37-29(39-43-30)33-16-13-32(14-17-33,15-18-33)21-40(28(41)23-9-11-34(35,36)12-10-23)25-6-4-5-24(19-25)26-20-27(42-38-26)22-7-8-22/h4-6,19-20,22-23H,7-18,21H2,1-3H3. The highest BCUT2D eigenvalue weighted by molar-refractivity contribution is 5.95. The van der Waals surface area contributed by atoms with Crippen LogP contribution in [0, 0.1) is 11.3 Å². The van der Waals surface area contributed by atoms with Crippen LogP contribution in [-0.4, -0.2) is 33.7 Å². The molecule has 9 heteroatoms. The Balaban J connectivity index is 1.14. The van der Waals surface area contributed by atoms with E-state index in [0.29, 0.717) is 18.4 Å². The summed E-state index contributed by atoms with van der Waals surface area (Å²) in [6.45, 7) is 6.83.